The Kier molecular flexibility index (Phi) is 3.21. The maximum atomic E-state index is 12.3. The van der Waals surface area contributed by atoms with Gasteiger partial charge in [0.2, 0.25) is 0 Å². The molecule has 106 valence electrons. The molecule has 0 radical (unpaired) electrons. The van der Waals surface area contributed by atoms with Crippen molar-refractivity contribution in [1.82, 2.24) is 9.55 Å². The van der Waals surface area contributed by atoms with Crippen molar-refractivity contribution in [2.75, 3.05) is 0 Å². The standard InChI is InChI=1S/C14H21ClN2O2/c1-6-8-10(15)16-12(19)17(11(8)18)7-9-13(2,3)14(9,4)5/h9H,6-7H2,1-5H3,(H,16,19). The van der Waals surface area contributed by atoms with Gasteiger partial charge in [-0.05, 0) is 23.2 Å². The number of aromatic nitrogens is 2. The molecule has 1 N–H and O–H groups in total. The Morgan fingerprint density at radius 2 is 1.74 bits per heavy atom. The van der Waals surface area contributed by atoms with Gasteiger partial charge in [0.15, 0.2) is 0 Å². The fourth-order valence-electron chi connectivity index (χ4n) is 3.03. The molecular formula is C14H21ClN2O2. The third kappa shape index (κ3) is 1.97. The maximum Gasteiger partial charge on any atom is 0.329 e. The molecule has 1 heterocycles. The summed E-state index contributed by atoms with van der Waals surface area (Å²) in [5.41, 5.74) is 0.105. The van der Waals surface area contributed by atoms with Gasteiger partial charge in [-0.15, -0.1) is 0 Å². The van der Waals surface area contributed by atoms with Gasteiger partial charge >= 0.3 is 5.69 Å². The van der Waals surface area contributed by atoms with E-state index in [0.717, 1.165) is 0 Å². The van der Waals surface area contributed by atoms with Gasteiger partial charge in [-0.1, -0.05) is 46.2 Å². The summed E-state index contributed by atoms with van der Waals surface area (Å²) in [6, 6.07) is 0. The first-order valence-electron chi connectivity index (χ1n) is 6.66. The SMILES string of the molecule is CCc1c(Cl)[nH]c(=O)n(CC2C(C)(C)C2(C)C)c1=O. The van der Waals surface area contributed by atoms with Crippen LogP contribution >= 0.6 is 11.6 Å². The van der Waals surface area contributed by atoms with Gasteiger partial charge in [0.05, 0.1) is 5.56 Å². The van der Waals surface area contributed by atoms with E-state index in [2.05, 4.69) is 32.7 Å². The summed E-state index contributed by atoms with van der Waals surface area (Å²) in [7, 11) is 0. The molecule has 2 rings (SSSR count). The fourth-order valence-corrected chi connectivity index (χ4v) is 3.33. The first-order valence-corrected chi connectivity index (χ1v) is 7.03. The van der Waals surface area contributed by atoms with E-state index in [1.807, 2.05) is 6.92 Å². The molecule has 1 aliphatic rings. The number of H-pyrrole nitrogens is 1. The van der Waals surface area contributed by atoms with E-state index in [-0.39, 0.29) is 21.5 Å². The van der Waals surface area contributed by atoms with Crippen molar-refractivity contribution in [2.24, 2.45) is 16.7 Å². The summed E-state index contributed by atoms with van der Waals surface area (Å²) in [5.74, 6) is 0.324. The molecule has 1 aromatic rings. The van der Waals surface area contributed by atoms with Crippen molar-refractivity contribution < 1.29 is 0 Å². The highest BCUT2D eigenvalue weighted by atomic mass is 35.5. The van der Waals surface area contributed by atoms with Gasteiger partial charge in [0.25, 0.3) is 5.56 Å². The van der Waals surface area contributed by atoms with Crippen LogP contribution in [0.15, 0.2) is 9.59 Å². The predicted octanol–water partition coefficient (Wildman–Crippen LogP) is 2.43. The fraction of sp³-hybridized carbons (Fsp3) is 0.714. The number of nitrogens with zero attached hydrogens (tertiary/aromatic N) is 1. The summed E-state index contributed by atoms with van der Waals surface area (Å²) in [4.78, 5) is 26.8. The summed E-state index contributed by atoms with van der Waals surface area (Å²) in [6.45, 7) is 11.0. The first kappa shape index (κ1) is 14.4. The molecule has 0 saturated heterocycles. The second-order valence-electron chi connectivity index (χ2n) is 6.49. The predicted molar refractivity (Wildman–Crippen MR) is 76.8 cm³/mol. The Bertz CT molecular complexity index is 611. The lowest BCUT2D eigenvalue weighted by Crippen LogP contribution is -2.38. The zero-order valence-electron chi connectivity index (χ0n) is 12.1. The van der Waals surface area contributed by atoms with Gasteiger partial charge < -0.3 is 0 Å². The molecular weight excluding hydrogens is 264 g/mol. The van der Waals surface area contributed by atoms with Gasteiger partial charge in [0.1, 0.15) is 5.15 Å². The lowest BCUT2D eigenvalue weighted by Gasteiger charge is -2.09. The number of hydrogen-bond acceptors (Lipinski definition) is 2. The van der Waals surface area contributed by atoms with Crippen LogP contribution in [0.4, 0.5) is 0 Å². The van der Waals surface area contributed by atoms with Crippen molar-refractivity contribution in [2.45, 2.75) is 47.6 Å². The van der Waals surface area contributed by atoms with Crippen LogP contribution in [0.25, 0.3) is 0 Å². The van der Waals surface area contributed by atoms with E-state index in [9.17, 15) is 9.59 Å². The molecule has 0 amide bonds. The van der Waals surface area contributed by atoms with Gasteiger partial charge in [-0.25, -0.2) is 4.79 Å². The van der Waals surface area contributed by atoms with E-state index in [1.54, 1.807) is 0 Å². The lowest BCUT2D eigenvalue weighted by molar-refractivity contribution is 0.457. The number of rotatable bonds is 3. The molecule has 19 heavy (non-hydrogen) atoms. The normalized spacial score (nSPS) is 20.5. The molecule has 1 fully saturated rings. The van der Waals surface area contributed by atoms with E-state index in [4.69, 9.17) is 11.6 Å². The van der Waals surface area contributed by atoms with Crippen molar-refractivity contribution in [3.63, 3.8) is 0 Å². The van der Waals surface area contributed by atoms with Crippen molar-refractivity contribution in [1.29, 1.82) is 0 Å². The Morgan fingerprint density at radius 3 is 2.16 bits per heavy atom. The Hall–Kier alpha value is -1.03. The summed E-state index contributed by atoms with van der Waals surface area (Å²) < 4.78 is 1.30. The zero-order valence-corrected chi connectivity index (χ0v) is 12.9. The summed E-state index contributed by atoms with van der Waals surface area (Å²) in [6.07, 6.45) is 0.520. The molecule has 5 heteroatoms. The number of halogens is 1. The molecule has 0 atom stereocenters. The van der Waals surface area contributed by atoms with Gasteiger partial charge in [-0.2, -0.15) is 0 Å². The molecule has 4 nitrogen and oxygen atoms in total. The number of hydrogen-bond donors (Lipinski definition) is 1. The van der Waals surface area contributed by atoms with Gasteiger partial charge in [-0.3, -0.25) is 14.3 Å². The monoisotopic (exact) mass is 284 g/mol. The topological polar surface area (TPSA) is 54.9 Å². The highest BCUT2D eigenvalue weighted by Gasteiger charge is 2.64. The minimum Gasteiger partial charge on any atom is -0.297 e. The van der Waals surface area contributed by atoms with Crippen LogP contribution in [-0.2, 0) is 13.0 Å². The summed E-state index contributed by atoms with van der Waals surface area (Å²) >= 11 is 5.90. The summed E-state index contributed by atoms with van der Waals surface area (Å²) in [5, 5.41) is 0.170. The average Bonchev–Trinajstić information content (AvgIpc) is 2.65. The second kappa shape index (κ2) is 4.23. The molecule has 1 saturated carbocycles. The Balaban J connectivity index is 2.44. The lowest BCUT2D eigenvalue weighted by atomic mass is 10.0. The first-order chi connectivity index (χ1) is 8.64. The van der Waals surface area contributed by atoms with Crippen LogP contribution in [0, 0.1) is 16.7 Å². The largest absolute Gasteiger partial charge is 0.329 e. The van der Waals surface area contributed by atoms with Crippen molar-refractivity contribution in [3.8, 4) is 0 Å². The minimum atomic E-state index is -0.411. The number of aromatic amines is 1. The molecule has 0 spiro atoms. The van der Waals surface area contributed by atoms with Crippen LogP contribution in [0.3, 0.4) is 0 Å². The minimum absolute atomic E-state index is 0.144. The molecule has 1 aliphatic carbocycles. The molecule has 0 bridgehead atoms. The molecule has 0 aromatic carbocycles. The van der Waals surface area contributed by atoms with Crippen LogP contribution in [0.5, 0.6) is 0 Å². The zero-order chi connectivity index (χ0) is 14.6. The van der Waals surface area contributed by atoms with Gasteiger partial charge in [0, 0.05) is 6.54 Å². The van der Waals surface area contributed by atoms with Crippen molar-refractivity contribution >= 4 is 11.6 Å². The Labute approximate surface area is 117 Å². The second-order valence-corrected chi connectivity index (χ2v) is 6.87. The quantitative estimate of drug-likeness (QED) is 0.867. The average molecular weight is 285 g/mol. The maximum absolute atomic E-state index is 12.3. The highest BCUT2D eigenvalue weighted by Crippen LogP contribution is 2.68. The molecule has 0 unspecified atom stereocenters. The van der Waals surface area contributed by atoms with Crippen LogP contribution in [0.1, 0.15) is 40.2 Å². The highest BCUT2D eigenvalue weighted by molar-refractivity contribution is 6.30. The third-order valence-electron chi connectivity index (χ3n) is 5.27. The van der Waals surface area contributed by atoms with Crippen molar-refractivity contribution in [3.05, 3.63) is 31.6 Å². The molecule has 0 aliphatic heterocycles. The van der Waals surface area contributed by atoms with Crippen LogP contribution < -0.4 is 11.2 Å². The van der Waals surface area contributed by atoms with E-state index < -0.39 is 5.69 Å². The van der Waals surface area contributed by atoms with E-state index in [1.165, 1.54) is 4.57 Å². The molecule has 1 aromatic heterocycles. The Morgan fingerprint density at radius 1 is 1.21 bits per heavy atom. The van der Waals surface area contributed by atoms with Crippen LogP contribution in [0.2, 0.25) is 5.15 Å². The van der Waals surface area contributed by atoms with Crippen LogP contribution in [-0.4, -0.2) is 9.55 Å². The van der Waals surface area contributed by atoms with E-state index in [0.29, 0.717) is 24.4 Å². The smallest absolute Gasteiger partial charge is 0.297 e. The number of nitrogens with one attached hydrogen (secondary N) is 1. The third-order valence-corrected chi connectivity index (χ3v) is 5.59. The van der Waals surface area contributed by atoms with E-state index >= 15 is 0 Å².